The molecule has 4 fully saturated rings. The quantitative estimate of drug-likeness (QED) is 0.0696. The highest BCUT2D eigenvalue weighted by atomic mass is 19.2. The molecule has 380 valence electrons. The third-order valence-corrected chi connectivity index (χ3v) is 14.8. The van der Waals surface area contributed by atoms with Crippen LogP contribution in [-0.2, 0) is 19.1 Å². The van der Waals surface area contributed by atoms with Crippen LogP contribution >= 0.6 is 0 Å². The van der Waals surface area contributed by atoms with Gasteiger partial charge in [-0.15, -0.1) is 0 Å². The van der Waals surface area contributed by atoms with Crippen LogP contribution in [0.15, 0.2) is 36.4 Å². The molecule has 0 unspecified atom stereocenters. The van der Waals surface area contributed by atoms with Crippen molar-refractivity contribution >= 4 is 57.4 Å². The highest BCUT2D eigenvalue weighted by Crippen LogP contribution is 2.51. The van der Waals surface area contributed by atoms with Crippen LogP contribution in [-0.4, -0.2) is 106 Å². The second kappa shape index (κ2) is 20.3. The number of amides is 4. The molecular formula is C51H62F4N10O6. The SMILES string of the molecule is COC(=O)N[C@H](C(=O)N1CCC[C@H]1c1nc2cc([C@H]3CC[C@H](c4ccc5[nH]c([C@@H]6CCCN6C(=O)[C@@H](NC(=O)OC)C(C)C)nc5c4)N3c3c(F)c(F)c(N4CCCCC4)c(F)c3F)ccc2[nH]1)C(C)C. The molecule has 2 aromatic heterocycles. The first-order valence-corrected chi connectivity index (χ1v) is 24.8. The Balaban J connectivity index is 1.07. The largest absolute Gasteiger partial charge is 0.453 e. The number of fused-ring (bicyclic) bond motifs is 2. The molecule has 6 atom stereocenters. The monoisotopic (exact) mass is 986 g/mol. The number of piperidine rings is 1. The Morgan fingerprint density at radius 3 is 1.41 bits per heavy atom. The summed E-state index contributed by atoms with van der Waals surface area (Å²) in [7, 11) is 2.48. The van der Waals surface area contributed by atoms with Crippen molar-refractivity contribution in [2.45, 2.75) is 122 Å². The number of anilines is 2. The van der Waals surface area contributed by atoms with Gasteiger partial charge in [-0.3, -0.25) is 9.59 Å². The van der Waals surface area contributed by atoms with E-state index in [4.69, 9.17) is 19.4 Å². The number of carbonyl (C=O) groups excluding carboxylic acids is 4. The van der Waals surface area contributed by atoms with E-state index < -0.39 is 83.1 Å². The van der Waals surface area contributed by atoms with Crippen LogP contribution in [0.5, 0.6) is 0 Å². The minimum Gasteiger partial charge on any atom is -0.453 e. The van der Waals surface area contributed by atoms with Crippen molar-refractivity contribution in [2.24, 2.45) is 11.8 Å². The van der Waals surface area contributed by atoms with Gasteiger partial charge in [-0.05, 0) is 105 Å². The first kappa shape index (κ1) is 49.4. The molecule has 9 rings (SSSR count). The summed E-state index contributed by atoms with van der Waals surface area (Å²) in [4.78, 5) is 75.1. The van der Waals surface area contributed by atoms with Gasteiger partial charge in [0.15, 0.2) is 23.3 Å². The average Bonchev–Trinajstić information content (AvgIpc) is 4.23. The van der Waals surface area contributed by atoms with Crippen LogP contribution in [0.1, 0.15) is 132 Å². The molecule has 0 bridgehead atoms. The maximum Gasteiger partial charge on any atom is 0.407 e. The van der Waals surface area contributed by atoms with Crippen LogP contribution < -0.4 is 20.4 Å². The summed E-state index contributed by atoms with van der Waals surface area (Å²) in [6, 6.07) is 6.80. The van der Waals surface area contributed by atoms with Crippen LogP contribution in [0.3, 0.4) is 0 Å². The lowest BCUT2D eigenvalue weighted by molar-refractivity contribution is -0.136. The fraction of sp³-hybridized carbons (Fsp3) is 0.529. The number of H-pyrrole nitrogens is 2. The number of alkyl carbamates (subject to hydrolysis) is 2. The molecule has 4 aliphatic rings. The van der Waals surface area contributed by atoms with Crippen molar-refractivity contribution in [2.75, 3.05) is 50.2 Å². The Bertz CT molecular complexity index is 2660. The number of hydrogen-bond donors (Lipinski definition) is 4. The van der Waals surface area contributed by atoms with Gasteiger partial charge in [-0.2, -0.15) is 0 Å². The lowest BCUT2D eigenvalue weighted by atomic mass is 10.0. The highest BCUT2D eigenvalue weighted by molar-refractivity contribution is 5.88. The summed E-state index contributed by atoms with van der Waals surface area (Å²) < 4.78 is 76.4. The zero-order valence-corrected chi connectivity index (χ0v) is 40.9. The number of imidazole rings is 2. The Kier molecular flexibility index (Phi) is 14.1. The number of likely N-dealkylation sites (tertiary alicyclic amines) is 2. The molecule has 20 heteroatoms. The normalized spacial score (nSPS) is 21.5. The summed E-state index contributed by atoms with van der Waals surface area (Å²) in [5, 5.41) is 5.33. The number of nitrogens with zero attached hydrogens (tertiary/aromatic N) is 6. The van der Waals surface area contributed by atoms with Crippen LogP contribution in [0.4, 0.5) is 38.5 Å². The van der Waals surface area contributed by atoms with Crippen molar-refractivity contribution in [3.8, 4) is 0 Å². The predicted molar refractivity (Wildman–Crippen MR) is 257 cm³/mol. The van der Waals surface area contributed by atoms with E-state index in [0.717, 1.165) is 6.42 Å². The number of hydrogen-bond acceptors (Lipinski definition) is 10. The Labute approximate surface area is 409 Å². The summed E-state index contributed by atoms with van der Waals surface area (Å²) >= 11 is 0. The summed E-state index contributed by atoms with van der Waals surface area (Å²) in [6.07, 6.45) is 4.04. The van der Waals surface area contributed by atoms with E-state index in [1.54, 1.807) is 34.1 Å². The van der Waals surface area contributed by atoms with Gasteiger partial charge in [0, 0.05) is 26.2 Å². The lowest BCUT2D eigenvalue weighted by Crippen LogP contribution is -2.51. The molecule has 16 nitrogen and oxygen atoms in total. The molecule has 3 aromatic carbocycles. The van der Waals surface area contributed by atoms with E-state index in [2.05, 4.69) is 20.6 Å². The average molecular weight is 987 g/mol. The molecule has 4 saturated heterocycles. The van der Waals surface area contributed by atoms with Gasteiger partial charge >= 0.3 is 12.2 Å². The number of aromatic amines is 2. The predicted octanol–water partition coefficient (Wildman–Crippen LogP) is 9.16. The van der Waals surface area contributed by atoms with E-state index in [9.17, 15) is 19.2 Å². The van der Waals surface area contributed by atoms with Crippen molar-refractivity contribution in [3.05, 3.63) is 82.4 Å². The molecule has 4 N–H and O–H groups in total. The molecular weight excluding hydrogens is 925 g/mol. The van der Waals surface area contributed by atoms with Gasteiger partial charge in [0.1, 0.15) is 35.1 Å². The van der Waals surface area contributed by atoms with Crippen molar-refractivity contribution in [1.82, 2.24) is 40.4 Å². The number of aromatic nitrogens is 4. The standard InChI is InChI=1S/C51H62F4N10O6/c1-26(2)42(60-50(68)70-5)48(66)63-22-10-12-36(63)46-56-30-16-14-28(24-32(30)58-46)34-18-19-35(65(34)45-40(54)38(52)44(39(53)41(45)55)62-20-8-7-9-21-62)29-15-17-31-33(25-29)59-47(57-31)37-13-11-23-64(37)49(67)43(27(3)4)61-51(69)71-6/h14-17,24-27,34-37,42-43H,7-13,18-23H2,1-6H3,(H,56,58)(H,57,59)(H,60,68)(H,61,69)/t34-,35-,36+,37+,42+,43+/m1/s1. The first-order chi connectivity index (χ1) is 34.1. The van der Waals surface area contributed by atoms with Crippen LogP contribution in [0.2, 0.25) is 0 Å². The number of rotatable bonds is 12. The van der Waals surface area contributed by atoms with Crippen molar-refractivity contribution in [3.63, 3.8) is 0 Å². The van der Waals surface area contributed by atoms with Gasteiger partial charge in [0.05, 0.1) is 60.5 Å². The number of benzene rings is 3. The molecule has 0 radical (unpaired) electrons. The maximum atomic E-state index is 16.9. The molecule has 6 heterocycles. The second-order valence-corrected chi connectivity index (χ2v) is 19.9. The zero-order valence-electron chi connectivity index (χ0n) is 40.9. The van der Waals surface area contributed by atoms with E-state index in [1.807, 2.05) is 39.8 Å². The lowest BCUT2D eigenvalue weighted by Gasteiger charge is -2.35. The first-order valence-electron chi connectivity index (χ1n) is 24.8. The highest BCUT2D eigenvalue weighted by Gasteiger charge is 2.44. The van der Waals surface area contributed by atoms with Gasteiger partial charge in [0.2, 0.25) is 11.8 Å². The summed E-state index contributed by atoms with van der Waals surface area (Å²) in [6.45, 7) is 8.80. The Hall–Kier alpha value is -6.60. The Morgan fingerprint density at radius 2 is 1.00 bits per heavy atom. The van der Waals surface area contributed by atoms with Gasteiger partial charge < -0.3 is 49.7 Å². The molecule has 4 aliphatic heterocycles. The summed E-state index contributed by atoms with van der Waals surface area (Å²) in [5.74, 6) is -5.75. The van der Waals surface area contributed by atoms with Gasteiger partial charge in [0.25, 0.3) is 0 Å². The summed E-state index contributed by atoms with van der Waals surface area (Å²) in [5.41, 5.74) is 2.06. The molecule has 71 heavy (non-hydrogen) atoms. The fourth-order valence-electron chi connectivity index (χ4n) is 11.2. The van der Waals surface area contributed by atoms with Crippen LogP contribution in [0.25, 0.3) is 22.1 Å². The molecule has 0 saturated carbocycles. The third kappa shape index (κ3) is 9.29. The van der Waals surface area contributed by atoms with Crippen molar-refractivity contribution in [1.29, 1.82) is 0 Å². The minimum atomic E-state index is -1.48. The Morgan fingerprint density at radius 1 is 0.577 bits per heavy atom. The van der Waals surface area contributed by atoms with Gasteiger partial charge in [-0.25, -0.2) is 37.1 Å². The van der Waals surface area contributed by atoms with Crippen LogP contribution in [0, 0.1) is 35.1 Å². The van der Waals surface area contributed by atoms with Crippen molar-refractivity contribution < 1.29 is 46.2 Å². The molecule has 0 spiro atoms. The number of halogens is 4. The molecule has 0 aliphatic carbocycles. The van der Waals surface area contributed by atoms with E-state index in [1.165, 1.54) is 24.0 Å². The number of ether oxygens (including phenoxy) is 2. The smallest absolute Gasteiger partial charge is 0.407 e. The number of carbonyl (C=O) groups is 4. The van der Waals surface area contributed by atoms with E-state index >= 15 is 17.6 Å². The number of nitrogens with one attached hydrogen (secondary N) is 4. The van der Waals surface area contributed by atoms with E-state index in [0.29, 0.717) is 109 Å². The third-order valence-electron chi connectivity index (χ3n) is 14.8. The maximum absolute atomic E-state index is 16.9. The topological polar surface area (TPSA) is 181 Å². The minimum absolute atomic E-state index is 0.225. The fourth-order valence-corrected chi connectivity index (χ4v) is 11.2. The second-order valence-electron chi connectivity index (χ2n) is 19.9. The molecule has 4 amide bonds. The molecule has 5 aromatic rings. The number of methoxy groups -OCH3 is 2. The van der Waals surface area contributed by atoms with Gasteiger partial charge in [-0.1, -0.05) is 39.8 Å². The zero-order chi connectivity index (χ0) is 50.4. The van der Waals surface area contributed by atoms with E-state index in [-0.39, 0.29) is 36.7 Å².